The number of rotatable bonds is 2. The zero-order valence-corrected chi connectivity index (χ0v) is 10.5. The predicted octanol–water partition coefficient (Wildman–Crippen LogP) is 2.88. The van der Waals surface area contributed by atoms with E-state index in [1.165, 1.54) is 6.07 Å². The quantitative estimate of drug-likeness (QED) is 0.790. The summed E-state index contributed by atoms with van der Waals surface area (Å²) in [6.07, 6.45) is 0.857. The van der Waals surface area contributed by atoms with E-state index in [2.05, 4.69) is 0 Å². The first-order valence-corrected chi connectivity index (χ1v) is 6.03. The molecule has 0 spiro atoms. The molecule has 18 heavy (non-hydrogen) atoms. The van der Waals surface area contributed by atoms with Gasteiger partial charge in [-0.3, -0.25) is 0 Å². The van der Waals surface area contributed by atoms with Crippen LogP contribution in [0.3, 0.4) is 0 Å². The minimum absolute atomic E-state index is 0.0729. The Labute approximate surface area is 106 Å². The van der Waals surface area contributed by atoms with Crippen molar-refractivity contribution in [1.82, 2.24) is 0 Å². The second kappa shape index (κ2) is 5.04. The van der Waals surface area contributed by atoms with Crippen molar-refractivity contribution >= 4 is 5.57 Å². The van der Waals surface area contributed by atoms with E-state index < -0.39 is 6.29 Å². The smallest absolute Gasteiger partial charge is 0.174 e. The summed E-state index contributed by atoms with van der Waals surface area (Å²) in [5.41, 5.74) is 3.02. The molecule has 0 radical (unpaired) electrons. The van der Waals surface area contributed by atoms with Crippen molar-refractivity contribution in [1.29, 1.82) is 0 Å². The van der Waals surface area contributed by atoms with Crippen molar-refractivity contribution < 1.29 is 14.6 Å². The van der Waals surface area contributed by atoms with E-state index in [0.29, 0.717) is 17.6 Å². The van der Waals surface area contributed by atoms with Gasteiger partial charge in [-0.15, -0.1) is 0 Å². The Kier molecular flexibility index (Phi) is 3.64. The fourth-order valence-corrected chi connectivity index (χ4v) is 2.60. The zero-order chi connectivity index (χ0) is 13.3. The SMILES string of the molecule is CC1=C(c2ccccc2F)C(C)CC(C(O)O)=C1. The van der Waals surface area contributed by atoms with E-state index >= 15 is 0 Å². The van der Waals surface area contributed by atoms with Crippen molar-refractivity contribution in [2.24, 2.45) is 5.92 Å². The zero-order valence-electron chi connectivity index (χ0n) is 10.5. The summed E-state index contributed by atoms with van der Waals surface area (Å²) >= 11 is 0. The van der Waals surface area contributed by atoms with Crippen LogP contribution in [0, 0.1) is 11.7 Å². The van der Waals surface area contributed by atoms with Gasteiger partial charge in [-0.2, -0.15) is 0 Å². The Balaban J connectivity index is 2.50. The molecular formula is C15H17FO2. The fourth-order valence-electron chi connectivity index (χ4n) is 2.60. The highest BCUT2D eigenvalue weighted by molar-refractivity contribution is 5.74. The Morgan fingerprint density at radius 1 is 1.28 bits per heavy atom. The van der Waals surface area contributed by atoms with Gasteiger partial charge in [-0.25, -0.2) is 4.39 Å². The average Bonchev–Trinajstić information content (AvgIpc) is 2.30. The van der Waals surface area contributed by atoms with Crippen molar-refractivity contribution in [3.63, 3.8) is 0 Å². The molecule has 0 fully saturated rings. The van der Waals surface area contributed by atoms with Gasteiger partial charge in [-0.05, 0) is 42.0 Å². The fraction of sp³-hybridized carbons (Fsp3) is 0.333. The molecule has 1 aromatic carbocycles. The van der Waals surface area contributed by atoms with Crippen LogP contribution >= 0.6 is 0 Å². The number of hydrogen-bond donors (Lipinski definition) is 2. The molecule has 0 heterocycles. The second-order valence-corrected chi connectivity index (χ2v) is 4.77. The standard InChI is InChI=1S/C15H17FO2/c1-9-7-11(15(17)18)8-10(2)14(9)12-5-3-4-6-13(12)16/h3-7,10,15,17-18H,8H2,1-2H3. The number of hydrogen-bond acceptors (Lipinski definition) is 2. The Hall–Kier alpha value is -1.45. The van der Waals surface area contributed by atoms with E-state index in [-0.39, 0.29) is 11.7 Å². The molecule has 2 N–H and O–H groups in total. The van der Waals surface area contributed by atoms with E-state index in [4.69, 9.17) is 0 Å². The van der Waals surface area contributed by atoms with E-state index in [1.807, 2.05) is 19.9 Å². The maximum Gasteiger partial charge on any atom is 0.174 e. The molecular weight excluding hydrogens is 231 g/mol. The van der Waals surface area contributed by atoms with Crippen LogP contribution in [-0.4, -0.2) is 16.5 Å². The first kappa shape index (κ1) is 13.0. The van der Waals surface area contributed by atoms with Crippen LogP contribution in [0.15, 0.2) is 41.5 Å². The summed E-state index contributed by atoms with van der Waals surface area (Å²) in [4.78, 5) is 0. The summed E-state index contributed by atoms with van der Waals surface area (Å²) in [6, 6.07) is 6.69. The molecule has 0 saturated heterocycles. The highest BCUT2D eigenvalue weighted by Gasteiger charge is 2.23. The largest absolute Gasteiger partial charge is 0.365 e. The first-order valence-electron chi connectivity index (χ1n) is 6.03. The van der Waals surface area contributed by atoms with Crippen molar-refractivity contribution in [2.45, 2.75) is 26.6 Å². The Morgan fingerprint density at radius 2 is 1.94 bits per heavy atom. The van der Waals surface area contributed by atoms with E-state index in [9.17, 15) is 14.6 Å². The van der Waals surface area contributed by atoms with Crippen LogP contribution in [0.5, 0.6) is 0 Å². The van der Waals surface area contributed by atoms with Crippen LogP contribution in [-0.2, 0) is 0 Å². The summed E-state index contributed by atoms with van der Waals surface area (Å²) < 4.78 is 13.8. The number of aliphatic hydroxyl groups is 2. The Morgan fingerprint density at radius 3 is 2.50 bits per heavy atom. The average molecular weight is 248 g/mol. The first-order chi connectivity index (χ1) is 8.50. The molecule has 3 heteroatoms. The van der Waals surface area contributed by atoms with Gasteiger partial charge in [0.05, 0.1) is 0 Å². The van der Waals surface area contributed by atoms with E-state index in [1.54, 1.807) is 18.2 Å². The van der Waals surface area contributed by atoms with Gasteiger partial charge in [0.25, 0.3) is 0 Å². The van der Waals surface area contributed by atoms with Crippen LogP contribution in [0.1, 0.15) is 25.8 Å². The lowest BCUT2D eigenvalue weighted by molar-refractivity contribution is -0.0112. The highest BCUT2D eigenvalue weighted by atomic mass is 19.1. The summed E-state index contributed by atoms with van der Waals surface area (Å²) in [5.74, 6) is -0.163. The molecule has 1 aromatic rings. The summed E-state index contributed by atoms with van der Waals surface area (Å²) in [5, 5.41) is 18.4. The molecule has 0 saturated carbocycles. The number of allylic oxidation sites excluding steroid dienone is 3. The van der Waals surface area contributed by atoms with Gasteiger partial charge < -0.3 is 10.2 Å². The minimum atomic E-state index is -1.43. The van der Waals surface area contributed by atoms with Crippen LogP contribution in [0.25, 0.3) is 5.57 Å². The predicted molar refractivity (Wildman–Crippen MR) is 69.1 cm³/mol. The molecule has 1 unspecified atom stereocenters. The van der Waals surface area contributed by atoms with Gasteiger partial charge in [0.1, 0.15) is 5.82 Å². The third kappa shape index (κ3) is 2.37. The lowest BCUT2D eigenvalue weighted by atomic mass is 9.81. The van der Waals surface area contributed by atoms with Gasteiger partial charge in [0.2, 0.25) is 0 Å². The van der Waals surface area contributed by atoms with Gasteiger partial charge >= 0.3 is 0 Å². The van der Waals surface area contributed by atoms with Gasteiger partial charge in [-0.1, -0.05) is 31.2 Å². The van der Waals surface area contributed by atoms with Crippen LogP contribution in [0.2, 0.25) is 0 Å². The number of benzene rings is 1. The molecule has 0 bridgehead atoms. The molecule has 1 atom stereocenters. The molecule has 0 aliphatic heterocycles. The maximum atomic E-state index is 13.8. The third-order valence-corrected chi connectivity index (χ3v) is 3.36. The third-order valence-electron chi connectivity index (χ3n) is 3.36. The lowest BCUT2D eigenvalue weighted by Crippen LogP contribution is -2.17. The molecule has 96 valence electrons. The van der Waals surface area contributed by atoms with Gasteiger partial charge in [0, 0.05) is 5.56 Å². The van der Waals surface area contributed by atoms with Crippen molar-refractivity contribution in [3.05, 3.63) is 52.9 Å². The molecule has 0 amide bonds. The number of halogens is 1. The topological polar surface area (TPSA) is 40.5 Å². The van der Waals surface area contributed by atoms with Crippen LogP contribution < -0.4 is 0 Å². The van der Waals surface area contributed by atoms with E-state index in [0.717, 1.165) is 11.1 Å². The molecule has 2 nitrogen and oxygen atoms in total. The molecule has 1 aliphatic carbocycles. The highest BCUT2D eigenvalue weighted by Crippen LogP contribution is 2.37. The van der Waals surface area contributed by atoms with Crippen molar-refractivity contribution in [3.8, 4) is 0 Å². The van der Waals surface area contributed by atoms with Crippen molar-refractivity contribution in [2.75, 3.05) is 0 Å². The van der Waals surface area contributed by atoms with Gasteiger partial charge in [0.15, 0.2) is 6.29 Å². The summed E-state index contributed by atoms with van der Waals surface area (Å²) in [6.45, 7) is 3.85. The summed E-state index contributed by atoms with van der Waals surface area (Å²) in [7, 11) is 0. The Bertz CT molecular complexity index is 515. The minimum Gasteiger partial charge on any atom is -0.365 e. The monoisotopic (exact) mass is 248 g/mol. The number of aliphatic hydroxyl groups excluding tert-OH is 1. The van der Waals surface area contributed by atoms with Crippen LogP contribution in [0.4, 0.5) is 4.39 Å². The molecule has 0 aromatic heterocycles. The molecule has 1 aliphatic rings. The maximum absolute atomic E-state index is 13.8. The molecule has 2 rings (SSSR count). The lowest BCUT2D eigenvalue weighted by Gasteiger charge is -2.26. The second-order valence-electron chi connectivity index (χ2n) is 4.77. The normalized spacial score (nSPS) is 20.3.